The van der Waals surface area contributed by atoms with Gasteiger partial charge in [0.05, 0.1) is 5.69 Å². The van der Waals surface area contributed by atoms with Gasteiger partial charge in [-0.15, -0.1) is 0 Å². The van der Waals surface area contributed by atoms with Gasteiger partial charge in [-0.25, -0.2) is 18.9 Å². The number of nitrogens with one attached hydrogen (secondary N) is 1. The van der Waals surface area contributed by atoms with E-state index in [1.165, 1.54) is 10.6 Å². The molecule has 1 N–H and O–H groups in total. The van der Waals surface area contributed by atoms with Gasteiger partial charge in [-0.3, -0.25) is 4.79 Å². The summed E-state index contributed by atoms with van der Waals surface area (Å²) in [5.74, 6) is 0.799. The predicted octanol–water partition coefficient (Wildman–Crippen LogP) is 2.84. The number of nitrogens with zero attached hydrogens (tertiary/aromatic N) is 3. The minimum Gasteiger partial charge on any atom is -0.342 e. The average Bonchev–Trinajstić information content (AvgIpc) is 3.09. The third kappa shape index (κ3) is 3.79. The number of rotatable bonds is 4. The fraction of sp³-hybridized carbons (Fsp3) is 0.476. The Morgan fingerprint density at radius 3 is 2.68 bits per heavy atom. The molecule has 1 fully saturated rings. The summed E-state index contributed by atoms with van der Waals surface area (Å²) in [6, 6.07) is 6.21. The zero-order valence-corrected chi connectivity index (χ0v) is 15.8. The molecule has 0 spiro atoms. The molecular formula is C21H25FN4O2. The lowest BCUT2D eigenvalue weighted by Crippen LogP contribution is -2.42. The SMILES string of the molecule is O=C(C1CC=CCC1)N1CCC(Cc2n[nH]c(=O)n2-c2ccccc2F)CC1. The third-order valence-corrected chi connectivity index (χ3v) is 5.85. The van der Waals surface area contributed by atoms with Crippen LogP contribution in [0, 0.1) is 17.7 Å². The summed E-state index contributed by atoms with van der Waals surface area (Å²) >= 11 is 0. The van der Waals surface area contributed by atoms with Gasteiger partial charge in [-0.2, -0.15) is 5.10 Å². The highest BCUT2D eigenvalue weighted by molar-refractivity contribution is 5.79. The van der Waals surface area contributed by atoms with E-state index in [0.717, 1.165) is 45.2 Å². The summed E-state index contributed by atoms with van der Waals surface area (Å²) in [4.78, 5) is 26.8. The standard InChI is InChI=1S/C21H25FN4O2/c22-17-8-4-5-9-18(17)26-19(23-24-21(26)28)14-15-10-12-25(13-11-15)20(27)16-6-2-1-3-7-16/h1-2,4-5,8-9,15-16H,3,6-7,10-14H2,(H,24,28). The number of halogens is 1. The number of hydrogen-bond donors (Lipinski definition) is 1. The Hall–Kier alpha value is -2.70. The molecule has 2 aromatic rings. The molecule has 148 valence electrons. The molecule has 1 aliphatic carbocycles. The average molecular weight is 384 g/mol. The number of benzene rings is 1. The van der Waals surface area contributed by atoms with Crippen LogP contribution in [0.3, 0.4) is 0 Å². The zero-order valence-electron chi connectivity index (χ0n) is 15.8. The summed E-state index contributed by atoms with van der Waals surface area (Å²) < 4.78 is 15.5. The molecule has 1 aromatic carbocycles. The quantitative estimate of drug-likeness (QED) is 0.824. The van der Waals surface area contributed by atoms with Crippen LogP contribution in [-0.4, -0.2) is 38.7 Å². The summed E-state index contributed by atoms with van der Waals surface area (Å²) in [5.41, 5.74) is -0.215. The maximum absolute atomic E-state index is 14.2. The number of para-hydroxylation sites is 1. The minimum absolute atomic E-state index is 0.124. The number of H-pyrrole nitrogens is 1. The first kappa shape index (κ1) is 18.7. The van der Waals surface area contributed by atoms with Gasteiger partial charge in [0.2, 0.25) is 5.91 Å². The fourth-order valence-corrected chi connectivity index (χ4v) is 4.24. The summed E-state index contributed by atoms with van der Waals surface area (Å²) in [6.45, 7) is 1.47. The number of amides is 1. The van der Waals surface area contributed by atoms with Crippen molar-refractivity contribution < 1.29 is 9.18 Å². The topological polar surface area (TPSA) is 71.0 Å². The van der Waals surface area contributed by atoms with Crippen LogP contribution < -0.4 is 5.69 Å². The number of aromatic amines is 1. The maximum Gasteiger partial charge on any atom is 0.348 e. The van der Waals surface area contributed by atoms with Crippen molar-refractivity contribution >= 4 is 5.91 Å². The zero-order chi connectivity index (χ0) is 19.5. The molecule has 4 rings (SSSR count). The molecule has 1 amide bonds. The van der Waals surface area contributed by atoms with Crippen LogP contribution in [0.4, 0.5) is 4.39 Å². The van der Waals surface area contributed by atoms with Crippen LogP contribution in [-0.2, 0) is 11.2 Å². The lowest BCUT2D eigenvalue weighted by atomic mass is 9.89. The monoisotopic (exact) mass is 384 g/mol. The van der Waals surface area contributed by atoms with E-state index in [4.69, 9.17) is 0 Å². The third-order valence-electron chi connectivity index (χ3n) is 5.85. The van der Waals surface area contributed by atoms with E-state index in [9.17, 15) is 14.0 Å². The first-order valence-electron chi connectivity index (χ1n) is 9.98. The Kier molecular flexibility index (Phi) is 5.41. The number of carbonyl (C=O) groups is 1. The highest BCUT2D eigenvalue weighted by atomic mass is 19.1. The largest absolute Gasteiger partial charge is 0.348 e. The number of likely N-dealkylation sites (tertiary alicyclic amines) is 1. The summed E-state index contributed by atoms with van der Waals surface area (Å²) in [5, 5.41) is 6.57. The fourth-order valence-electron chi connectivity index (χ4n) is 4.24. The van der Waals surface area contributed by atoms with Crippen molar-refractivity contribution in [3.8, 4) is 5.69 Å². The molecule has 0 radical (unpaired) electrons. The Morgan fingerprint density at radius 2 is 1.96 bits per heavy atom. The highest BCUT2D eigenvalue weighted by Gasteiger charge is 2.29. The van der Waals surface area contributed by atoms with Crippen molar-refractivity contribution in [1.82, 2.24) is 19.7 Å². The maximum atomic E-state index is 14.2. The summed E-state index contributed by atoms with van der Waals surface area (Å²) in [7, 11) is 0. The molecule has 1 unspecified atom stereocenters. The molecule has 1 atom stereocenters. The Balaban J connectivity index is 1.41. The molecule has 0 saturated carbocycles. The smallest absolute Gasteiger partial charge is 0.342 e. The molecule has 6 nitrogen and oxygen atoms in total. The number of hydrogen-bond acceptors (Lipinski definition) is 3. The Morgan fingerprint density at radius 1 is 1.18 bits per heavy atom. The van der Waals surface area contributed by atoms with Crippen molar-refractivity contribution in [2.24, 2.45) is 11.8 Å². The predicted molar refractivity (Wildman–Crippen MR) is 104 cm³/mol. The van der Waals surface area contributed by atoms with E-state index in [1.807, 2.05) is 4.90 Å². The van der Waals surface area contributed by atoms with Crippen LogP contribution in [0.2, 0.25) is 0 Å². The molecule has 2 heterocycles. The van der Waals surface area contributed by atoms with Gasteiger partial charge in [0, 0.05) is 25.4 Å². The van der Waals surface area contributed by atoms with Gasteiger partial charge in [-0.1, -0.05) is 24.3 Å². The number of aromatic nitrogens is 3. The van der Waals surface area contributed by atoms with Crippen molar-refractivity contribution in [1.29, 1.82) is 0 Å². The van der Waals surface area contributed by atoms with E-state index < -0.39 is 11.5 Å². The van der Waals surface area contributed by atoms with E-state index in [2.05, 4.69) is 22.3 Å². The van der Waals surface area contributed by atoms with E-state index in [0.29, 0.717) is 18.2 Å². The van der Waals surface area contributed by atoms with Crippen molar-refractivity contribution in [3.05, 3.63) is 58.5 Å². The molecule has 1 aromatic heterocycles. The van der Waals surface area contributed by atoms with E-state index in [-0.39, 0.29) is 17.5 Å². The van der Waals surface area contributed by atoms with Crippen molar-refractivity contribution in [2.45, 2.75) is 38.5 Å². The van der Waals surface area contributed by atoms with E-state index >= 15 is 0 Å². The molecule has 28 heavy (non-hydrogen) atoms. The second-order valence-electron chi connectivity index (χ2n) is 7.69. The molecule has 7 heteroatoms. The van der Waals surface area contributed by atoms with Gasteiger partial charge in [-0.05, 0) is 50.2 Å². The van der Waals surface area contributed by atoms with E-state index in [1.54, 1.807) is 18.2 Å². The number of carbonyl (C=O) groups excluding carboxylic acids is 1. The Bertz CT molecular complexity index is 924. The van der Waals surface area contributed by atoms with Gasteiger partial charge in [0.25, 0.3) is 0 Å². The lowest BCUT2D eigenvalue weighted by molar-refractivity contribution is -0.137. The summed E-state index contributed by atoms with van der Waals surface area (Å²) in [6.07, 6.45) is 9.35. The number of piperidine rings is 1. The molecule has 2 aliphatic rings. The van der Waals surface area contributed by atoms with Crippen LogP contribution >= 0.6 is 0 Å². The van der Waals surface area contributed by atoms with Gasteiger partial charge in [0.15, 0.2) is 0 Å². The first-order chi connectivity index (χ1) is 13.6. The van der Waals surface area contributed by atoms with Crippen LogP contribution in [0.5, 0.6) is 0 Å². The van der Waals surface area contributed by atoms with Crippen molar-refractivity contribution in [2.75, 3.05) is 13.1 Å². The van der Waals surface area contributed by atoms with Gasteiger partial charge >= 0.3 is 5.69 Å². The van der Waals surface area contributed by atoms with Crippen LogP contribution in [0.25, 0.3) is 5.69 Å². The van der Waals surface area contributed by atoms with Crippen LogP contribution in [0.15, 0.2) is 41.2 Å². The molecule has 0 bridgehead atoms. The lowest BCUT2D eigenvalue weighted by Gasteiger charge is -2.34. The van der Waals surface area contributed by atoms with Gasteiger partial charge in [0.1, 0.15) is 11.6 Å². The number of allylic oxidation sites excluding steroid dienone is 2. The molecular weight excluding hydrogens is 359 g/mol. The first-order valence-corrected chi connectivity index (χ1v) is 9.98. The van der Waals surface area contributed by atoms with Crippen molar-refractivity contribution in [3.63, 3.8) is 0 Å². The second-order valence-corrected chi connectivity index (χ2v) is 7.69. The highest BCUT2D eigenvalue weighted by Crippen LogP contribution is 2.26. The second kappa shape index (κ2) is 8.12. The minimum atomic E-state index is -0.450. The Labute approximate surface area is 163 Å². The normalized spacial score (nSPS) is 20.5. The van der Waals surface area contributed by atoms with Gasteiger partial charge < -0.3 is 4.90 Å². The van der Waals surface area contributed by atoms with Crippen LogP contribution in [0.1, 0.15) is 37.9 Å². The molecule has 1 aliphatic heterocycles. The molecule has 1 saturated heterocycles.